The van der Waals surface area contributed by atoms with Crippen LogP contribution in [0.3, 0.4) is 0 Å². The number of oxime groups is 1. The predicted octanol–water partition coefficient (Wildman–Crippen LogP) is 4.80. The first kappa shape index (κ1) is 23.6. The lowest BCUT2D eigenvalue weighted by Crippen LogP contribution is -2.40. The van der Waals surface area contributed by atoms with E-state index in [0.29, 0.717) is 36.5 Å². The molecule has 1 N–H and O–H groups in total. The molecule has 1 heterocycles. The van der Waals surface area contributed by atoms with Crippen molar-refractivity contribution in [2.75, 3.05) is 26.1 Å². The summed E-state index contributed by atoms with van der Waals surface area (Å²) in [7, 11) is 3.23. The van der Waals surface area contributed by atoms with Crippen molar-refractivity contribution in [3.8, 4) is 17.6 Å². The van der Waals surface area contributed by atoms with Gasteiger partial charge in [0, 0.05) is 24.2 Å². The molecule has 2 amide bonds. The summed E-state index contributed by atoms with van der Waals surface area (Å²) < 4.78 is 10.8. The number of amides is 2. The fourth-order valence-corrected chi connectivity index (χ4v) is 3.89. The number of carbonyl (C=O) groups excluding carboxylic acids is 1. The highest BCUT2D eigenvalue weighted by molar-refractivity contribution is 6.03. The molecular weight excluding hydrogens is 444 g/mol. The molecule has 0 saturated heterocycles. The molecule has 0 aromatic heterocycles. The maximum Gasteiger partial charge on any atom is 0.322 e. The first-order valence-electron chi connectivity index (χ1n) is 11.1. The molecule has 1 unspecified atom stereocenters. The van der Waals surface area contributed by atoms with Gasteiger partial charge in [0.15, 0.2) is 6.10 Å². The van der Waals surface area contributed by atoms with E-state index in [-0.39, 0.29) is 12.1 Å². The van der Waals surface area contributed by atoms with Crippen LogP contribution in [0.5, 0.6) is 11.5 Å². The highest BCUT2D eigenvalue weighted by Gasteiger charge is 2.28. The number of hydrogen-bond acceptors (Lipinski definition) is 6. The third-order valence-electron chi connectivity index (χ3n) is 5.61. The molecule has 0 bridgehead atoms. The number of urea groups is 1. The molecule has 0 saturated carbocycles. The standard InChI is InChI=1S/C27H26N4O4/c1-33-22-10-6-8-20(14-22)17-31(27(32)29-21-9-5-7-19(13-21)16-28)18-23-15-25(30-35-23)24-11-3-4-12-26(24)34-2/h3-14,23H,15,17-18H2,1-2H3,(H,29,32). The van der Waals surface area contributed by atoms with Crippen LogP contribution in [-0.2, 0) is 11.4 Å². The molecule has 0 fully saturated rings. The van der Waals surface area contributed by atoms with Gasteiger partial charge in [-0.05, 0) is 48.0 Å². The topological polar surface area (TPSA) is 96.2 Å². The second kappa shape index (κ2) is 11.1. The van der Waals surface area contributed by atoms with Gasteiger partial charge in [-0.25, -0.2) is 4.79 Å². The van der Waals surface area contributed by atoms with Gasteiger partial charge < -0.3 is 24.5 Å². The zero-order valence-electron chi connectivity index (χ0n) is 19.6. The highest BCUT2D eigenvalue weighted by atomic mass is 16.6. The van der Waals surface area contributed by atoms with Crippen molar-refractivity contribution < 1.29 is 19.1 Å². The van der Waals surface area contributed by atoms with Crippen LogP contribution in [0.4, 0.5) is 10.5 Å². The molecule has 3 aromatic carbocycles. The van der Waals surface area contributed by atoms with Gasteiger partial charge in [0.05, 0.1) is 38.1 Å². The zero-order valence-corrected chi connectivity index (χ0v) is 19.6. The van der Waals surface area contributed by atoms with Crippen LogP contribution in [0.15, 0.2) is 78.0 Å². The fourth-order valence-electron chi connectivity index (χ4n) is 3.89. The average Bonchev–Trinajstić information content (AvgIpc) is 3.36. The van der Waals surface area contributed by atoms with E-state index in [2.05, 4.69) is 16.5 Å². The third-order valence-corrected chi connectivity index (χ3v) is 5.61. The van der Waals surface area contributed by atoms with Gasteiger partial charge in [0.1, 0.15) is 11.5 Å². The minimum Gasteiger partial charge on any atom is -0.497 e. The van der Waals surface area contributed by atoms with E-state index in [0.717, 1.165) is 22.6 Å². The zero-order chi connectivity index (χ0) is 24.6. The van der Waals surface area contributed by atoms with E-state index in [1.54, 1.807) is 43.4 Å². The Labute approximate surface area is 204 Å². The molecule has 0 aliphatic carbocycles. The van der Waals surface area contributed by atoms with Crippen molar-refractivity contribution >= 4 is 17.4 Å². The van der Waals surface area contributed by atoms with Gasteiger partial charge in [-0.1, -0.05) is 35.5 Å². The molecule has 35 heavy (non-hydrogen) atoms. The second-order valence-electron chi connectivity index (χ2n) is 8.02. The normalized spacial score (nSPS) is 14.3. The fraction of sp³-hybridized carbons (Fsp3) is 0.222. The highest BCUT2D eigenvalue weighted by Crippen LogP contribution is 2.25. The number of anilines is 1. The van der Waals surface area contributed by atoms with Crippen LogP contribution >= 0.6 is 0 Å². The smallest absolute Gasteiger partial charge is 0.322 e. The Kier molecular flexibility index (Phi) is 7.48. The van der Waals surface area contributed by atoms with Crippen LogP contribution in [0, 0.1) is 11.3 Å². The summed E-state index contributed by atoms with van der Waals surface area (Å²) in [5.74, 6) is 1.43. The Bertz CT molecular complexity index is 1270. The van der Waals surface area contributed by atoms with Crippen molar-refractivity contribution in [3.63, 3.8) is 0 Å². The molecule has 1 aliphatic rings. The minimum absolute atomic E-state index is 0.308. The molecule has 4 rings (SSSR count). The Morgan fingerprint density at radius 3 is 2.74 bits per heavy atom. The van der Waals surface area contributed by atoms with Gasteiger partial charge >= 0.3 is 6.03 Å². The number of para-hydroxylation sites is 1. The van der Waals surface area contributed by atoms with Crippen molar-refractivity contribution in [1.29, 1.82) is 5.26 Å². The predicted molar refractivity (Wildman–Crippen MR) is 133 cm³/mol. The van der Waals surface area contributed by atoms with Crippen LogP contribution in [0.1, 0.15) is 23.1 Å². The number of nitrogens with zero attached hydrogens (tertiary/aromatic N) is 3. The summed E-state index contributed by atoms with van der Waals surface area (Å²) >= 11 is 0. The van der Waals surface area contributed by atoms with E-state index in [4.69, 9.17) is 14.3 Å². The number of benzene rings is 3. The van der Waals surface area contributed by atoms with Gasteiger partial charge in [0.2, 0.25) is 0 Å². The summed E-state index contributed by atoms with van der Waals surface area (Å²) in [6, 6.07) is 23.8. The van der Waals surface area contributed by atoms with E-state index in [9.17, 15) is 10.1 Å². The van der Waals surface area contributed by atoms with Crippen molar-refractivity contribution in [2.24, 2.45) is 5.16 Å². The lowest BCUT2D eigenvalue weighted by Gasteiger charge is -2.25. The molecule has 8 heteroatoms. The maximum atomic E-state index is 13.3. The molecule has 1 aliphatic heterocycles. The first-order valence-corrected chi connectivity index (χ1v) is 11.1. The number of hydrogen-bond donors (Lipinski definition) is 1. The van der Waals surface area contributed by atoms with E-state index in [1.807, 2.05) is 48.5 Å². The summed E-state index contributed by atoms with van der Waals surface area (Å²) in [5, 5.41) is 16.3. The second-order valence-corrected chi connectivity index (χ2v) is 8.02. The molecule has 178 valence electrons. The molecule has 8 nitrogen and oxygen atoms in total. The molecular formula is C27H26N4O4. The van der Waals surface area contributed by atoms with E-state index >= 15 is 0 Å². The summed E-state index contributed by atoms with van der Waals surface area (Å²) in [6.07, 6.45) is 0.211. The van der Waals surface area contributed by atoms with E-state index < -0.39 is 0 Å². The lowest BCUT2D eigenvalue weighted by atomic mass is 10.0. The Morgan fingerprint density at radius 1 is 1.11 bits per heavy atom. The molecule has 0 spiro atoms. The number of nitriles is 1. The number of ether oxygens (including phenoxy) is 2. The first-order chi connectivity index (χ1) is 17.1. The monoisotopic (exact) mass is 470 g/mol. The van der Waals surface area contributed by atoms with Crippen molar-refractivity contribution in [1.82, 2.24) is 4.90 Å². The molecule has 0 radical (unpaired) electrons. The van der Waals surface area contributed by atoms with Crippen LogP contribution in [0.25, 0.3) is 0 Å². The van der Waals surface area contributed by atoms with Crippen LogP contribution < -0.4 is 14.8 Å². The number of methoxy groups -OCH3 is 2. The van der Waals surface area contributed by atoms with Gasteiger partial charge in [-0.2, -0.15) is 5.26 Å². The minimum atomic E-state index is -0.322. The summed E-state index contributed by atoms with van der Waals surface area (Å²) in [5.41, 5.74) is 3.57. The lowest BCUT2D eigenvalue weighted by molar-refractivity contribution is 0.0608. The number of nitrogens with one attached hydrogen (secondary N) is 1. The third kappa shape index (κ3) is 5.89. The molecule has 3 aromatic rings. The van der Waals surface area contributed by atoms with Crippen LogP contribution in [0.2, 0.25) is 0 Å². The van der Waals surface area contributed by atoms with E-state index in [1.165, 1.54) is 0 Å². The molecule has 1 atom stereocenters. The Morgan fingerprint density at radius 2 is 1.94 bits per heavy atom. The quantitative estimate of drug-likeness (QED) is 0.510. The summed E-state index contributed by atoms with van der Waals surface area (Å²) in [6.45, 7) is 0.647. The van der Waals surface area contributed by atoms with Crippen molar-refractivity contribution in [2.45, 2.75) is 19.1 Å². The Balaban J connectivity index is 1.51. The SMILES string of the molecule is COc1cccc(CN(CC2CC(c3ccccc3OC)=NO2)C(=O)Nc2cccc(C#N)c2)c1. The number of carbonyl (C=O) groups is 1. The summed E-state index contributed by atoms with van der Waals surface area (Å²) in [4.78, 5) is 20.7. The largest absolute Gasteiger partial charge is 0.497 e. The van der Waals surface area contributed by atoms with Gasteiger partial charge in [0.25, 0.3) is 0 Å². The maximum absolute atomic E-state index is 13.3. The van der Waals surface area contributed by atoms with Gasteiger partial charge in [-0.15, -0.1) is 0 Å². The van der Waals surface area contributed by atoms with Crippen LogP contribution in [-0.4, -0.2) is 43.5 Å². The van der Waals surface area contributed by atoms with Gasteiger partial charge in [-0.3, -0.25) is 0 Å². The average molecular weight is 471 g/mol. The Hall–Kier alpha value is -4.51. The van der Waals surface area contributed by atoms with Crippen molar-refractivity contribution in [3.05, 3.63) is 89.5 Å². The number of rotatable bonds is 8.